The van der Waals surface area contributed by atoms with Crippen molar-refractivity contribution in [2.24, 2.45) is 0 Å². The van der Waals surface area contributed by atoms with Crippen LogP contribution < -0.4 is 10.4 Å². The number of aliphatic carboxylic acids is 1. The number of halogens is 3. The maximum Gasteiger partial charge on any atom is 0.416 e. The van der Waals surface area contributed by atoms with Crippen molar-refractivity contribution in [3.8, 4) is 28.3 Å². The number of hydrogen-bond acceptors (Lipinski definition) is 4. The van der Waals surface area contributed by atoms with E-state index >= 15 is 0 Å². The van der Waals surface area contributed by atoms with Gasteiger partial charge >= 0.3 is 17.8 Å². The van der Waals surface area contributed by atoms with Gasteiger partial charge in [-0.25, -0.2) is 9.36 Å². The molecule has 0 radical (unpaired) electrons. The molecule has 0 aliphatic heterocycles. The second kappa shape index (κ2) is 13.9. The quantitative estimate of drug-likeness (QED) is 0.155. The van der Waals surface area contributed by atoms with Crippen LogP contribution in [0.15, 0.2) is 95.8 Å². The molecular weight excluding hydrogens is 619 g/mol. The number of aromatic nitrogens is 3. The van der Waals surface area contributed by atoms with E-state index in [1.807, 2.05) is 67.6 Å². The molecule has 0 unspecified atom stereocenters. The SMILES string of the molecule is CCOc1ccc(-c2ccc(CCCc3nn(-c4ccc(C(F)(F)F)cc4)c(=O)n3-c3ccc(C(C)(C)C)cc3)cc2)cc1CC(=O)O. The van der Waals surface area contributed by atoms with Crippen molar-refractivity contribution in [3.05, 3.63) is 130 Å². The van der Waals surface area contributed by atoms with Crippen LogP contribution in [0.3, 0.4) is 0 Å². The molecule has 4 aromatic carbocycles. The van der Waals surface area contributed by atoms with Crippen LogP contribution in [0.1, 0.15) is 62.2 Å². The molecule has 0 aliphatic rings. The monoisotopic (exact) mass is 657 g/mol. The van der Waals surface area contributed by atoms with E-state index in [-0.39, 0.29) is 17.5 Å². The Bertz CT molecular complexity index is 1930. The maximum absolute atomic E-state index is 13.7. The van der Waals surface area contributed by atoms with Gasteiger partial charge in [-0.05, 0) is 96.0 Å². The molecule has 5 aromatic rings. The van der Waals surface area contributed by atoms with E-state index in [1.54, 1.807) is 6.07 Å². The minimum Gasteiger partial charge on any atom is -0.494 e. The number of ether oxygens (including phenoxy) is 1. The molecule has 0 aliphatic carbocycles. The average Bonchev–Trinajstić information content (AvgIpc) is 3.37. The highest BCUT2D eigenvalue weighted by Gasteiger charge is 2.30. The van der Waals surface area contributed by atoms with E-state index in [9.17, 15) is 27.9 Å². The molecular formula is C38H38F3N3O4. The summed E-state index contributed by atoms with van der Waals surface area (Å²) in [5, 5.41) is 13.9. The predicted octanol–water partition coefficient (Wildman–Crippen LogP) is 8.21. The van der Waals surface area contributed by atoms with Crippen molar-refractivity contribution in [2.75, 3.05) is 6.61 Å². The van der Waals surface area contributed by atoms with Crippen LogP contribution in [-0.2, 0) is 35.6 Å². The maximum atomic E-state index is 13.7. The molecule has 1 aromatic heterocycles. The van der Waals surface area contributed by atoms with Crippen molar-refractivity contribution >= 4 is 5.97 Å². The van der Waals surface area contributed by atoms with Gasteiger partial charge in [-0.1, -0.05) is 63.2 Å². The number of benzene rings is 4. The van der Waals surface area contributed by atoms with Gasteiger partial charge in [0.25, 0.3) is 0 Å². The Morgan fingerprint density at radius 3 is 2.00 bits per heavy atom. The summed E-state index contributed by atoms with van der Waals surface area (Å²) in [4.78, 5) is 25.1. The molecule has 5 rings (SSSR count). The Hall–Kier alpha value is -5.12. The van der Waals surface area contributed by atoms with E-state index in [2.05, 4.69) is 25.9 Å². The molecule has 0 spiro atoms. The Kier molecular flexibility index (Phi) is 9.93. The molecule has 1 heterocycles. The Morgan fingerprint density at radius 2 is 1.42 bits per heavy atom. The summed E-state index contributed by atoms with van der Waals surface area (Å²) < 4.78 is 47.8. The predicted molar refractivity (Wildman–Crippen MR) is 179 cm³/mol. The van der Waals surface area contributed by atoms with Crippen LogP contribution >= 0.6 is 0 Å². The van der Waals surface area contributed by atoms with Crippen LogP contribution in [0.25, 0.3) is 22.5 Å². The summed E-state index contributed by atoms with van der Waals surface area (Å²) in [6.07, 6.45) is -2.82. The van der Waals surface area contributed by atoms with Gasteiger partial charge in [0, 0.05) is 12.0 Å². The fourth-order valence-electron chi connectivity index (χ4n) is 5.57. The smallest absolute Gasteiger partial charge is 0.416 e. The third-order valence-electron chi connectivity index (χ3n) is 8.13. The second-order valence-corrected chi connectivity index (χ2v) is 12.7. The van der Waals surface area contributed by atoms with E-state index < -0.39 is 23.4 Å². The molecule has 0 bridgehead atoms. The first-order valence-electron chi connectivity index (χ1n) is 15.8. The molecule has 0 atom stereocenters. The molecule has 0 fully saturated rings. The van der Waals surface area contributed by atoms with Gasteiger partial charge in [-0.3, -0.25) is 4.79 Å². The van der Waals surface area contributed by atoms with Crippen molar-refractivity contribution < 1.29 is 27.8 Å². The third-order valence-corrected chi connectivity index (χ3v) is 8.13. The van der Waals surface area contributed by atoms with Crippen LogP contribution in [-0.4, -0.2) is 32.0 Å². The largest absolute Gasteiger partial charge is 0.494 e. The molecule has 10 heteroatoms. The molecule has 48 heavy (non-hydrogen) atoms. The van der Waals surface area contributed by atoms with Crippen LogP contribution in [0.5, 0.6) is 5.75 Å². The van der Waals surface area contributed by atoms with Crippen LogP contribution in [0, 0.1) is 0 Å². The lowest BCUT2D eigenvalue weighted by Crippen LogP contribution is -2.23. The fraction of sp³-hybridized carbons (Fsp3) is 0.289. The summed E-state index contributed by atoms with van der Waals surface area (Å²) in [5.41, 5.74) is 4.14. The van der Waals surface area contributed by atoms with Crippen LogP contribution in [0.4, 0.5) is 13.2 Å². The van der Waals surface area contributed by atoms with Gasteiger partial charge in [-0.2, -0.15) is 17.9 Å². The first-order chi connectivity index (χ1) is 22.7. The summed E-state index contributed by atoms with van der Waals surface area (Å²) in [6.45, 7) is 8.60. The van der Waals surface area contributed by atoms with Gasteiger partial charge < -0.3 is 9.84 Å². The second-order valence-electron chi connectivity index (χ2n) is 12.7. The minimum atomic E-state index is -4.49. The number of nitrogens with zero attached hydrogens (tertiary/aromatic N) is 3. The summed E-state index contributed by atoms with van der Waals surface area (Å²) >= 11 is 0. The normalized spacial score (nSPS) is 11.9. The number of hydrogen-bond donors (Lipinski definition) is 1. The number of carbonyl (C=O) groups is 1. The van der Waals surface area contributed by atoms with E-state index in [0.717, 1.165) is 39.1 Å². The summed E-state index contributed by atoms with van der Waals surface area (Å²) in [5.74, 6) is 0.130. The molecule has 0 saturated heterocycles. The van der Waals surface area contributed by atoms with Crippen molar-refractivity contribution in [3.63, 3.8) is 0 Å². The van der Waals surface area contributed by atoms with E-state index in [1.165, 1.54) is 16.7 Å². The zero-order valence-corrected chi connectivity index (χ0v) is 27.3. The van der Waals surface area contributed by atoms with Gasteiger partial charge in [0.2, 0.25) is 0 Å². The lowest BCUT2D eigenvalue weighted by atomic mass is 9.87. The first kappa shape index (κ1) is 34.2. The topological polar surface area (TPSA) is 86.4 Å². The number of carboxylic acids is 1. The number of alkyl halides is 3. The molecule has 250 valence electrons. The molecule has 1 N–H and O–H groups in total. The van der Waals surface area contributed by atoms with Gasteiger partial charge in [0.05, 0.1) is 30.0 Å². The summed E-state index contributed by atoms with van der Waals surface area (Å²) in [7, 11) is 0. The molecule has 0 amide bonds. The Morgan fingerprint density at radius 1 is 0.812 bits per heavy atom. The lowest BCUT2D eigenvalue weighted by Gasteiger charge is -2.19. The number of rotatable bonds is 11. The van der Waals surface area contributed by atoms with Gasteiger partial charge in [-0.15, -0.1) is 5.10 Å². The zero-order chi connectivity index (χ0) is 34.6. The minimum absolute atomic E-state index is 0.0834. The average molecular weight is 658 g/mol. The summed E-state index contributed by atoms with van der Waals surface area (Å²) in [6, 6.07) is 25.6. The third kappa shape index (κ3) is 7.87. The number of carboxylic acid groups (broad SMARTS) is 1. The highest BCUT2D eigenvalue weighted by atomic mass is 19.4. The number of aryl methyl sites for hydroxylation is 2. The highest BCUT2D eigenvalue weighted by molar-refractivity contribution is 5.74. The van der Waals surface area contributed by atoms with Crippen molar-refractivity contribution in [2.45, 2.75) is 65.0 Å². The molecule has 0 saturated carbocycles. The van der Waals surface area contributed by atoms with Crippen molar-refractivity contribution in [1.82, 2.24) is 14.3 Å². The van der Waals surface area contributed by atoms with E-state index in [0.29, 0.717) is 48.7 Å². The fourth-order valence-corrected chi connectivity index (χ4v) is 5.57. The first-order valence-corrected chi connectivity index (χ1v) is 15.8. The highest BCUT2D eigenvalue weighted by Crippen LogP contribution is 2.30. The zero-order valence-electron chi connectivity index (χ0n) is 27.3. The lowest BCUT2D eigenvalue weighted by molar-refractivity contribution is -0.138. The standard InChI is InChI=1S/C38H38F3N3O4/c1-5-48-33-22-13-27(23-28(33)24-35(45)46)26-11-9-25(10-12-26)7-6-8-34-42-44(32-20-16-30(17-21-32)38(39,40)41)36(47)43(34)31-18-14-29(15-19-31)37(2,3)4/h9-23H,5-8,24H2,1-4H3,(H,45,46). The molecule has 7 nitrogen and oxygen atoms in total. The van der Waals surface area contributed by atoms with Gasteiger partial charge in [0.15, 0.2) is 0 Å². The Balaban J connectivity index is 1.38. The van der Waals surface area contributed by atoms with Crippen molar-refractivity contribution in [1.29, 1.82) is 0 Å². The Labute approximate surface area is 277 Å². The van der Waals surface area contributed by atoms with E-state index in [4.69, 9.17) is 4.74 Å². The van der Waals surface area contributed by atoms with Gasteiger partial charge in [0.1, 0.15) is 11.6 Å². The van der Waals surface area contributed by atoms with Crippen LogP contribution in [0.2, 0.25) is 0 Å².